The van der Waals surface area contributed by atoms with Crippen LogP contribution in [0, 0.1) is 0 Å². The molecule has 1 N–H and O–H groups in total. The number of nitrogens with one attached hydrogen (secondary N) is 1. The highest BCUT2D eigenvalue weighted by atomic mass is 79.9. The van der Waals surface area contributed by atoms with Crippen molar-refractivity contribution in [3.8, 4) is 0 Å². The molecule has 2 aromatic rings. The van der Waals surface area contributed by atoms with Crippen LogP contribution in [-0.4, -0.2) is 6.04 Å². The second kappa shape index (κ2) is 4.37. The average Bonchev–Trinajstić information content (AvgIpc) is 2.59. The highest BCUT2D eigenvalue weighted by molar-refractivity contribution is 9.10. The molecular formula is C12H14BrNO. The van der Waals surface area contributed by atoms with Gasteiger partial charge in [-0.25, -0.2) is 0 Å². The van der Waals surface area contributed by atoms with Gasteiger partial charge >= 0.3 is 0 Å². The van der Waals surface area contributed by atoms with Gasteiger partial charge in [0.1, 0.15) is 5.58 Å². The monoisotopic (exact) mass is 267 g/mol. The molecule has 0 radical (unpaired) electrons. The van der Waals surface area contributed by atoms with Crippen molar-refractivity contribution < 1.29 is 4.42 Å². The minimum atomic E-state index is 0.484. The lowest BCUT2D eigenvalue weighted by atomic mass is 10.2. The summed E-state index contributed by atoms with van der Waals surface area (Å²) in [6.07, 6.45) is 1.82. The first-order valence-electron chi connectivity index (χ1n) is 5.06. The normalized spacial score (nSPS) is 11.5. The summed E-state index contributed by atoms with van der Waals surface area (Å²) in [5.74, 6) is 0. The van der Waals surface area contributed by atoms with Crippen molar-refractivity contribution in [2.45, 2.75) is 26.4 Å². The summed E-state index contributed by atoms with van der Waals surface area (Å²) < 4.78 is 6.58. The molecule has 1 heterocycles. The molecular weight excluding hydrogens is 254 g/mol. The Kier molecular flexibility index (Phi) is 3.12. The van der Waals surface area contributed by atoms with E-state index in [4.69, 9.17) is 4.42 Å². The molecule has 3 heteroatoms. The van der Waals surface area contributed by atoms with Gasteiger partial charge in [-0.2, -0.15) is 0 Å². The fourth-order valence-electron chi connectivity index (χ4n) is 1.55. The second-order valence-electron chi connectivity index (χ2n) is 3.91. The zero-order valence-corrected chi connectivity index (χ0v) is 10.5. The van der Waals surface area contributed by atoms with E-state index in [0.717, 1.165) is 16.6 Å². The van der Waals surface area contributed by atoms with Crippen LogP contribution >= 0.6 is 15.9 Å². The van der Waals surface area contributed by atoms with Gasteiger partial charge in [0.15, 0.2) is 0 Å². The predicted octanol–water partition coefficient (Wildman–Crippen LogP) is 3.69. The van der Waals surface area contributed by atoms with Crippen molar-refractivity contribution in [3.05, 3.63) is 34.5 Å². The Bertz CT molecular complexity index is 462. The molecule has 0 bridgehead atoms. The van der Waals surface area contributed by atoms with Gasteiger partial charge in [-0.1, -0.05) is 35.8 Å². The molecule has 0 amide bonds. The summed E-state index contributed by atoms with van der Waals surface area (Å²) in [5, 5.41) is 4.56. The van der Waals surface area contributed by atoms with Gasteiger partial charge in [-0.05, 0) is 12.1 Å². The maximum Gasteiger partial charge on any atom is 0.135 e. The Morgan fingerprint density at radius 2 is 2.20 bits per heavy atom. The first-order chi connectivity index (χ1) is 7.18. The van der Waals surface area contributed by atoms with Crippen LogP contribution in [0.3, 0.4) is 0 Å². The van der Waals surface area contributed by atoms with E-state index in [1.807, 2.05) is 24.5 Å². The molecule has 80 valence electrons. The average molecular weight is 268 g/mol. The smallest absolute Gasteiger partial charge is 0.135 e. The van der Waals surface area contributed by atoms with E-state index in [2.05, 4.69) is 35.1 Å². The van der Waals surface area contributed by atoms with E-state index in [0.29, 0.717) is 6.04 Å². The molecule has 0 fully saturated rings. The molecule has 15 heavy (non-hydrogen) atoms. The van der Waals surface area contributed by atoms with Crippen LogP contribution in [0.25, 0.3) is 11.0 Å². The number of benzene rings is 1. The molecule has 0 saturated heterocycles. The van der Waals surface area contributed by atoms with Crippen LogP contribution in [0.1, 0.15) is 19.4 Å². The Labute approximate surface area is 97.8 Å². The van der Waals surface area contributed by atoms with Gasteiger partial charge in [-0.3, -0.25) is 0 Å². The third-order valence-electron chi connectivity index (χ3n) is 2.33. The van der Waals surface area contributed by atoms with Crippen molar-refractivity contribution in [1.29, 1.82) is 0 Å². The molecule has 0 aliphatic heterocycles. The van der Waals surface area contributed by atoms with Crippen molar-refractivity contribution in [3.63, 3.8) is 0 Å². The number of fused-ring (bicyclic) bond motifs is 1. The predicted molar refractivity (Wildman–Crippen MR) is 65.9 cm³/mol. The lowest BCUT2D eigenvalue weighted by Crippen LogP contribution is -2.21. The summed E-state index contributed by atoms with van der Waals surface area (Å²) >= 11 is 3.55. The van der Waals surface area contributed by atoms with E-state index in [1.54, 1.807) is 0 Å². The van der Waals surface area contributed by atoms with Crippen molar-refractivity contribution >= 4 is 26.9 Å². The van der Waals surface area contributed by atoms with E-state index in [9.17, 15) is 0 Å². The Morgan fingerprint density at radius 1 is 1.40 bits per heavy atom. The van der Waals surface area contributed by atoms with Crippen LogP contribution in [0.2, 0.25) is 0 Å². The minimum Gasteiger partial charge on any atom is -0.464 e. The third-order valence-corrected chi connectivity index (χ3v) is 2.99. The Balaban J connectivity index is 2.35. The quantitative estimate of drug-likeness (QED) is 0.918. The fourth-order valence-corrected chi connectivity index (χ4v) is 2.15. The maximum atomic E-state index is 5.49. The zero-order chi connectivity index (χ0) is 10.8. The molecule has 1 aromatic heterocycles. The van der Waals surface area contributed by atoms with Crippen LogP contribution in [0.15, 0.2) is 33.4 Å². The van der Waals surface area contributed by atoms with Crippen LogP contribution in [0.5, 0.6) is 0 Å². The van der Waals surface area contributed by atoms with Gasteiger partial charge in [0.25, 0.3) is 0 Å². The highest BCUT2D eigenvalue weighted by Crippen LogP contribution is 2.28. The highest BCUT2D eigenvalue weighted by Gasteiger charge is 2.08. The summed E-state index contributed by atoms with van der Waals surface area (Å²) in [6, 6.07) is 6.49. The molecule has 0 atom stereocenters. The van der Waals surface area contributed by atoms with Crippen LogP contribution in [0.4, 0.5) is 0 Å². The topological polar surface area (TPSA) is 25.2 Å². The third kappa shape index (κ3) is 2.24. The number of hydrogen-bond acceptors (Lipinski definition) is 2. The number of furan rings is 1. The zero-order valence-electron chi connectivity index (χ0n) is 8.88. The lowest BCUT2D eigenvalue weighted by molar-refractivity contribution is 0.572. The van der Waals surface area contributed by atoms with E-state index in [1.165, 1.54) is 10.9 Å². The van der Waals surface area contributed by atoms with Gasteiger partial charge in [0, 0.05) is 28.0 Å². The second-order valence-corrected chi connectivity index (χ2v) is 4.76. The molecule has 2 nitrogen and oxygen atoms in total. The van der Waals surface area contributed by atoms with Crippen molar-refractivity contribution in [2.24, 2.45) is 0 Å². The number of rotatable bonds is 3. The Hall–Kier alpha value is -0.800. The van der Waals surface area contributed by atoms with Gasteiger partial charge in [0.05, 0.1) is 6.26 Å². The summed E-state index contributed by atoms with van der Waals surface area (Å²) in [4.78, 5) is 0. The largest absolute Gasteiger partial charge is 0.464 e. The fraction of sp³-hybridized carbons (Fsp3) is 0.333. The summed E-state index contributed by atoms with van der Waals surface area (Å²) in [5.41, 5.74) is 2.14. The van der Waals surface area contributed by atoms with Gasteiger partial charge in [0.2, 0.25) is 0 Å². The SMILES string of the molecule is CC(C)NCc1coc2cccc(Br)c12. The Morgan fingerprint density at radius 3 is 2.93 bits per heavy atom. The molecule has 0 saturated carbocycles. The number of halogens is 1. The summed E-state index contributed by atoms with van der Waals surface area (Å²) in [7, 11) is 0. The molecule has 0 spiro atoms. The molecule has 1 aromatic carbocycles. The number of hydrogen-bond donors (Lipinski definition) is 1. The molecule has 2 rings (SSSR count). The van der Waals surface area contributed by atoms with E-state index < -0.39 is 0 Å². The van der Waals surface area contributed by atoms with Crippen molar-refractivity contribution in [1.82, 2.24) is 5.32 Å². The standard InChI is InChI=1S/C12H14BrNO/c1-8(2)14-6-9-7-15-11-5-3-4-10(13)12(9)11/h3-5,7-8,14H,6H2,1-2H3. The minimum absolute atomic E-state index is 0.484. The first-order valence-corrected chi connectivity index (χ1v) is 5.85. The van der Waals surface area contributed by atoms with Crippen molar-refractivity contribution in [2.75, 3.05) is 0 Å². The summed E-state index contributed by atoms with van der Waals surface area (Å²) in [6.45, 7) is 5.11. The van der Waals surface area contributed by atoms with Gasteiger partial charge in [-0.15, -0.1) is 0 Å². The lowest BCUT2D eigenvalue weighted by Gasteiger charge is -2.06. The molecule has 0 aliphatic carbocycles. The van der Waals surface area contributed by atoms with Crippen LogP contribution in [-0.2, 0) is 6.54 Å². The van der Waals surface area contributed by atoms with E-state index >= 15 is 0 Å². The molecule has 0 unspecified atom stereocenters. The first kappa shape index (κ1) is 10.7. The van der Waals surface area contributed by atoms with E-state index in [-0.39, 0.29) is 0 Å². The van der Waals surface area contributed by atoms with Gasteiger partial charge < -0.3 is 9.73 Å². The molecule has 0 aliphatic rings. The van der Waals surface area contributed by atoms with Crippen LogP contribution < -0.4 is 5.32 Å². The maximum absolute atomic E-state index is 5.49.